The van der Waals surface area contributed by atoms with Crippen LogP contribution in [0.5, 0.6) is 0 Å². The molecular formula is C16H21NO4. The first-order valence-corrected chi connectivity index (χ1v) is 6.99. The van der Waals surface area contributed by atoms with Crippen molar-refractivity contribution in [3.05, 3.63) is 34.9 Å². The highest BCUT2D eigenvalue weighted by molar-refractivity contribution is 5.91. The van der Waals surface area contributed by atoms with E-state index < -0.39 is 5.60 Å². The number of hydrogen-bond acceptors (Lipinski definition) is 4. The molecule has 0 fully saturated rings. The molecule has 21 heavy (non-hydrogen) atoms. The molecule has 0 saturated heterocycles. The zero-order chi connectivity index (χ0) is 15.6. The Morgan fingerprint density at radius 1 is 1.24 bits per heavy atom. The summed E-state index contributed by atoms with van der Waals surface area (Å²) in [5, 5.41) is 0. The lowest BCUT2D eigenvalue weighted by Gasteiger charge is -2.31. The molecular weight excluding hydrogens is 270 g/mol. The van der Waals surface area contributed by atoms with Crippen LogP contribution in [0.1, 0.15) is 42.3 Å². The van der Waals surface area contributed by atoms with Gasteiger partial charge in [-0.05, 0) is 44.4 Å². The number of amides is 1. The standard InChI is InChI=1S/C16H21NO4/c1-16(2,3)21-15(19)17-9-8-12-11(10-17)6-5-7-13(12)14(18)20-4/h5-7H,8-10H2,1-4H3. The molecule has 0 radical (unpaired) electrons. The summed E-state index contributed by atoms with van der Waals surface area (Å²) in [6, 6.07) is 5.50. The van der Waals surface area contributed by atoms with Crippen LogP contribution in [0.3, 0.4) is 0 Å². The van der Waals surface area contributed by atoms with Crippen molar-refractivity contribution in [3.63, 3.8) is 0 Å². The Balaban J connectivity index is 2.18. The van der Waals surface area contributed by atoms with E-state index in [1.165, 1.54) is 7.11 Å². The van der Waals surface area contributed by atoms with Gasteiger partial charge in [0.1, 0.15) is 5.60 Å². The summed E-state index contributed by atoms with van der Waals surface area (Å²) in [5.74, 6) is -0.336. The summed E-state index contributed by atoms with van der Waals surface area (Å²) in [4.78, 5) is 25.5. The first kappa shape index (κ1) is 15.4. The Morgan fingerprint density at radius 3 is 2.57 bits per heavy atom. The second-order valence-electron chi connectivity index (χ2n) is 6.09. The van der Waals surface area contributed by atoms with E-state index in [1.54, 1.807) is 11.0 Å². The fraction of sp³-hybridized carbons (Fsp3) is 0.500. The predicted molar refractivity (Wildman–Crippen MR) is 78.1 cm³/mol. The maximum atomic E-state index is 12.1. The lowest BCUT2D eigenvalue weighted by molar-refractivity contribution is 0.0224. The average molecular weight is 291 g/mol. The molecule has 0 aromatic heterocycles. The molecule has 1 aliphatic heterocycles. The lowest BCUT2D eigenvalue weighted by Crippen LogP contribution is -2.40. The van der Waals surface area contributed by atoms with Gasteiger partial charge in [-0.1, -0.05) is 12.1 Å². The number of benzene rings is 1. The minimum atomic E-state index is -0.509. The van der Waals surface area contributed by atoms with Crippen molar-refractivity contribution in [1.82, 2.24) is 4.90 Å². The molecule has 5 nitrogen and oxygen atoms in total. The van der Waals surface area contributed by atoms with Gasteiger partial charge in [-0.25, -0.2) is 9.59 Å². The molecule has 1 amide bonds. The molecule has 1 aromatic carbocycles. The first-order valence-electron chi connectivity index (χ1n) is 6.99. The van der Waals surface area contributed by atoms with Gasteiger partial charge < -0.3 is 14.4 Å². The highest BCUT2D eigenvalue weighted by atomic mass is 16.6. The molecule has 0 N–H and O–H groups in total. The predicted octanol–water partition coefficient (Wildman–Crippen LogP) is 2.77. The average Bonchev–Trinajstić information content (AvgIpc) is 2.43. The molecule has 114 valence electrons. The van der Waals surface area contributed by atoms with Crippen molar-refractivity contribution < 1.29 is 19.1 Å². The van der Waals surface area contributed by atoms with Crippen LogP contribution in [0, 0.1) is 0 Å². The number of carbonyl (C=O) groups excluding carboxylic acids is 2. The van der Waals surface area contributed by atoms with Crippen molar-refractivity contribution in [2.75, 3.05) is 13.7 Å². The number of esters is 1. The zero-order valence-corrected chi connectivity index (χ0v) is 12.9. The van der Waals surface area contributed by atoms with E-state index in [-0.39, 0.29) is 12.1 Å². The molecule has 1 aromatic rings. The van der Waals surface area contributed by atoms with Crippen LogP contribution in [-0.4, -0.2) is 36.2 Å². The van der Waals surface area contributed by atoms with Crippen molar-refractivity contribution >= 4 is 12.1 Å². The van der Waals surface area contributed by atoms with Gasteiger partial charge in [0.05, 0.1) is 12.7 Å². The second kappa shape index (κ2) is 5.76. The molecule has 0 bridgehead atoms. The number of carbonyl (C=O) groups is 2. The highest BCUT2D eigenvalue weighted by Crippen LogP contribution is 2.24. The van der Waals surface area contributed by atoms with Crippen LogP contribution in [0.4, 0.5) is 4.79 Å². The number of ether oxygens (including phenoxy) is 2. The minimum Gasteiger partial charge on any atom is -0.465 e. The van der Waals surface area contributed by atoms with E-state index in [9.17, 15) is 9.59 Å². The van der Waals surface area contributed by atoms with Crippen molar-refractivity contribution in [2.24, 2.45) is 0 Å². The molecule has 0 aliphatic carbocycles. The lowest BCUT2D eigenvalue weighted by atomic mass is 9.94. The summed E-state index contributed by atoms with van der Waals surface area (Å²) in [7, 11) is 1.37. The van der Waals surface area contributed by atoms with Crippen LogP contribution < -0.4 is 0 Å². The third-order valence-electron chi connectivity index (χ3n) is 3.32. The van der Waals surface area contributed by atoms with Crippen LogP contribution in [-0.2, 0) is 22.4 Å². The maximum Gasteiger partial charge on any atom is 0.410 e. The molecule has 1 heterocycles. The largest absolute Gasteiger partial charge is 0.465 e. The number of hydrogen-bond donors (Lipinski definition) is 0. The summed E-state index contributed by atoms with van der Waals surface area (Å²) >= 11 is 0. The number of rotatable bonds is 1. The molecule has 1 aliphatic rings. The quantitative estimate of drug-likeness (QED) is 0.747. The topological polar surface area (TPSA) is 55.8 Å². The summed E-state index contributed by atoms with van der Waals surface area (Å²) in [6.07, 6.45) is 0.302. The summed E-state index contributed by atoms with van der Waals surface area (Å²) in [5.41, 5.74) is 2.00. The van der Waals surface area contributed by atoms with E-state index in [0.29, 0.717) is 25.1 Å². The van der Waals surface area contributed by atoms with Crippen LogP contribution in [0.15, 0.2) is 18.2 Å². The molecule has 0 unspecified atom stereocenters. The molecule has 2 rings (SSSR count). The van der Waals surface area contributed by atoms with Gasteiger partial charge in [0.15, 0.2) is 0 Å². The number of nitrogens with zero attached hydrogens (tertiary/aromatic N) is 1. The minimum absolute atomic E-state index is 0.323. The van der Waals surface area contributed by atoms with Crippen LogP contribution >= 0.6 is 0 Å². The highest BCUT2D eigenvalue weighted by Gasteiger charge is 2.27. The van der Waals surface area contributed by atoms with Gasteiger partial charge in [0.2, 0.25) is 0 Å². The third-order valence-corrected chi connectivity index (χ3v) is 3.32. The maximum absolute atomic E-state index is 12.1. The Bertz CT molecular complexity index is 560. The third kappa shape index (κ3) is 3.54. The fourth-order valence-electron chi connectivity index (χ4n) is 2.39. The van der Waals surface area contributed by atoms with E-state index in [4.69, 9.17) is 9.47 Å². The van der Waals surface area contributed by atoms with Gasteiger partial charge >= 0.3 is 12.1 Å². The van der Waals surface area contributed by atoms with Gasteiger partial charge in [0, 0.05) is 13.1 Å². The Kier molecular flexibility index (Phi) is 4.21. The monoisotopic (exact) mass is 291 g/mol. The van der Waals surface area contributed by atoms with Crippen molar-refractivity contribution in [2.45, 2.75) is 39.3 Å². The molecule has 5 heteroatoms. The molecule has 0 atom stereocenters. The van der Waals surface area contributed by atoms with E-state index in [1.807, 2.05) is 32.9 Å². The van der Waals surface area contributed by atoms with Crippen molar-refractivity contribution in [3.8, 4) is 0 Å². The van der Waals surface area contributed by atoms with Crippen molar-refractivity contribution in [1.29, 1.82) is 0 Å². The van der Waals surface area contributed by atoms with E-state index in [2.05, 4.69) is 0 Å². The van der Waals surface area contributed by atoms with Gasteiger partial charge in [0.25, 0.3) is 0 Å². The van der Waals surface area contributed by atoms with Gasteiger partial charge in [-0.2, -0.15) is 0 Å². The summed E-state index contributed by atoms with van der Waals surface area (Å²) < 4.78 is 10.2. The molecule has 0 spiro atoms. The number of methoxy groups -OCH3 is 1. The normalized spacial score (nSPS) is 14.4. The zero-order valence-electron chi connectivity index (χ0n) is 12.9. The second-order valence-corrected chi connectivity index (χ2v) is 6.09. The van der Waals surface area contributed by atoms with Crippen LogP contribution in [0.25, 0.3) is 0 Å². The van der Waals surface area contributed by atoms with Gasteiger partial charge in [-0.15, -0.1) is 0 Å². The number of fused-ring (bicyclic) bond motifs is 1. The molecule has 0 saturated carbocycles. The first-order chi connectivity index (χ1) is 9.81. The Hall–Kier alpha value is -2.04. The Labute approximate surface area is 124 Å². The van der Waals surface area contributed by atoms with Crippen LogP contribution in [0.2, 0.25) is 0 Å². The summed E-state index contributed by atoms with van der Waals surface area (Å²) in [6.45, 7) is 6.53. The Morgan fingerprint density at radius 2 is 1.95 bits per heavy atom. The van der Waals surface area contributed by atoms with E-state index in [0.717, 1.165) is 11.1 Å². The van der Waals surface area contributed by atoms with Gasteiger partial charge in [-0.3, -0.25) is 0 Å². The SMILES string of the molecule is COC(=O)c1cccc2c1CCN(C(=O)OC(C)(C)C)C2. The smallest absolute Gasteiger partial charge is 0.410 e. The van der Waals surface area contributed by atoms with E-state index >= 15 is 0 Å². The fourth-order valence-corrected chi connectivity index (χ4v) is 2.39.